The summed E-state index contributed by atoms with van der Waals surface area (Å²) in [6, 6.07) is 1.87. The van der Waals surface area contributed by atoms with E-state index < -0.39 is 0 Å². The first-order valence-electron chi connectivity index (χ1n) is 6.24. The zero-order valence-corrected chi connectivity index (χ0v) is 10.8. The lowest BCUT2D eigenvalue weighted by Crippen LogP contribution is -2.26. The van der Waals surface area contributed by atoms with Crippen LogP contribution in [-0.2, 0) is 4.79 Å². The largest absolute Gasteiger partial charge is 0.373 e. The normalized spacial score (nSPS) is 14.1. The fraction of sp³-hybridized carbons (Fsp3) is 0.583. The first kappa shape index (κ1) is 12.6. The maximum Gasteiger partial charge on any atom is 0.216 e. The molecule has 0 atom stereocenters. The van der Waals surface area contributed by atoms with Crippen LogP contribution in [0, 0.1) is 0 Å². The summed E-state index contributed by atoms with van der Waals surface area (Å²) in [7, 11) is 1.85. The molecule has 3 N–H and O–H groups in total. The maximum atomic E-state index is 10.7. The molecule has 0 spiro atoms. The van der Waals surface area contributed by atoms with Gasteiger partial charge in [0.15, 0.2) is 0 Å². The van der Waals surface area contributed by atoms with E-state index in [2.05, 4.69) is 25.9 Å². The summed E-state index contributed by atoms with van der Waals surface area (Å²) in [5, 5.41) is 8.96. The maximum absolute atomic E-state index is 10.7. The Kier molecular flexibility index (Phi) is 3.96. The molecule has 1 aromatic heterocycles. The topological polar surface area (TPSA) is 78.9 Å². The molecule has 1 aliphatic rings. The lowest BCUT2D eigenvalue weighted by molar-refractivity contribution is -0.118. The van der Waals surface area contributed by atoms with Crippen LogP contribution in [0.2, 0.25) is 0 Å². The smallest absolute Gasteiger partial charge is 0.216 e. The van der Waals surface area contributed by atoms with Crippen LogP contribution in [0.1, 0.15) is 31.5 Å². The van der Waals surface area contributed by atoms with Crippen molar-refractivity contribution in [3.63, 3.8) is 0 Å². The van der Waals surface area contributed by atoms with E-state index in [1.165, 1.54) is 19.8 Å². The van der Waals surface area contributed by atoms with Gasteiger partial charge in [-0.3, -0.25) is 4.79 Å². The van der Waals surface area contributed by atoms with Crippen molar-refractivity contribution in [3.05, 3.63) is 11.9 Å². The molecule has 1 aliphatic carbocycles. The van der Waals surface area contributed by atoms with Crippen LogP contribution in [0.25, 0.3) is 0 Å². The summed E-state index contributed by atoms with van der Waals surface area (Å²) in [5.74, 6) is 3.04. The minimum atomic E-state index is -0.0194. The van der Waals surface area contributed by atoms with Crippen LogP contribution in [0.4, 0.5) is 11.6 Å². The van der Waals surface area contributed by atoms with Crippen LogP contribution in [0.15, 0.2) is 6.07 Å². The number of nitrogens with zero attached hydrogens (tertiary/aromatic N) is 2. The van der Waals surface area contributed by atoms with Crippen molar-refractivity contribution in [2.45, 2.75) is 25.7 Å². The molecular weight excluding hydrogens is 230 g/mol. The van der Waals surface area contributed by atoms with Gasteiger partial charge in [-0.05, 0) is 12.8 Å². The van der Waals surface area contributed by atoms with Crippen molar-refractivity contribution in [1.82, 2.24) is 15.3 Å². The van der Waals surface area contributed by atoms with E-state index in [4.69, 9.17) is 0 Å². The zero-order valence-electron chi connectivity index (χ0n) is 10.8. The van der Waals surface area contributed by atoms with Crippen LogP contribution >= 0.6 is 0 Å². The van der Waals surface area contributed by atoms with Crippen LogP contribution in [-0.4, -0.2) is 36.0 Å². The van der Waals surface area contributed by atoms with Crippen molar-refractivity contribution >= 4 is 17.5 Å². The highest BCUT2D eigenvalue weighted by Crippen LogP contribution is 2.38. The second kappa shape index (κ2) is 5.66. The second-order valence-corrected chi connectivity index (χ2v) is 4.43. The summed E-state index contributed by atoms with van der Waals surface area (Å²) in [5.41, 5.74) is 0. The Hall–Kier alpha value is -1.85. The van der Waals surface area contributed by atoms with E-state index in [-0.39, 0.29) is 5.91 Å². The summed E-state index contributed by atoms with van der Waals surface area (Å²) >= 11 is 0. The van der Waals surface area contributed by atoms with Gasteiger partial charge in [0.25, 0.3) is 0 Å². The quantitative estimate of drug-likeness (QED) is 0.654. The molecule has 0 radical (unpaired) electrons. The molecule has 6 heteroatoms. The second-order valence-electron chi connectivity index (χ2n) is 4.43. The Morgan fingerprint density at radius 1 is 1.33 bits per heavy atom. The number of hydrogen-bond acceptors (Lipinski definition) is 5. The molecule has 1 fully saturated rings. The molecule has 0 unspecified atom stereocenters. The van der Waals surface area contributed by atoms with Gasteiger partial charge < -0.3 is 16.0 Å². The van der Waals surface area contributed by atoms with Gasteiger partial charge in [-0.15, -0.1) is 0 Å². The Bertz CT molecular complexity index is 430. The number of hydrogen-bond donors (Lipinski definition) is 3. The summed E-state index contributed by atoms with van der Waals surface area (Å²) in [6.45, 7) is 2.76. The number of rotatable bonds is 6. The highest BCUT2D eigenvalue weighted by atomic mass is 16.1. The van der Waals surface area contributed by atoms with Gasteiger partial charge >= 0.3 is 0 Å². The predicted octanol–water partition coefficient (Wildman–Crippen LogP) is 0.944. The van der Waals surface area contributed by atoms with Gasteiger partial charge in [0.2, 0.25) is 5.91 Å². The van der Waals surface area contributed by atoms with Crippen LogP contribution in [0.3, 0.4) is 0 Å². The monoisotopic (exact) mass is 249 g/mol. The van der Waals surface area contributed by atoms with Crippen LogP contribution in [0.5, 0.6) is 0 Å². The molecule has 0 saturated heterocycles. The third-order valence-electron chi connectivity index (χ3n) is 2.75. The number of anilines is 2. The lowest BCUT2D eigenvalue weighted by Gasteiger charge is -2.09. The Morgan fingerprint density at radius 3 is 2.67 bits per heavy atom. The molecule has 1 saturated carbocycles. The van der Waals surface area contributed by atoms with Gasteiger partial charge in [-0.1, -0.05) is 0 Å². The van der Waals surface area contributed by atoms with Gasteiger partial charge in [-0.2, -0.15) is 0 Å². The first-order chi connectivity index (χ1) is 8.69. The van der Waals surface area contributed by atoms with Crippen molar-refractivity contribution in [3.8, 4) is 0 Å². The van der Waals surface area contributed by atoms with E-state index in [9.17, 15) is 4.79 Å². The van der Waals surface area contributed by atoms with Crippen molar-refractivity contribution in [2.24, 2.45) is 0 Å². The molecule has 0 aromatic carbocycles. The summed E-state index contributed by atoms with van der Waals surface area (Å²) in [6.07, 6.45) is 2.36. The SMILES string of the molecule is CNc1cc(NCCNC(C)=O)nc(C2CC2)n1. The molecular formula is C12H19N5O. The third kappa shape index (κ3) is 3.58. The van der Waals surface area contributed by atoms with Gasteiger partial charge in [0, 0.05) is 39.0 Å². The zero-order chi connectivity index (χ0) is 13.0. The van der Waals surface area contributed by atoms with E-state index in [1.54, 1.807) is 0 Å². The fourth-order valence-corrected chi connectivity index (χ4v) is 1.64. The fourth-order valence-electron chi connectivity index (χ4n) is 1.64. The highest BCUT2D eigenvalue weighted by molar-refractivity contribution is 5.72. The average molecular weight is 249 g/mol. The van der Waals surface area contributed by atoms with Crippen LogP contribution < -0.4 is 16.0 Å². The lowest BCUT2D eigenvalue weighted by atomic mass is 10.3. The third-order valence-corrected chi connectivity index (χ3v) is 2.75. The van der Waals surface area contributed by atoms with Gasteiger partial charge in [0.1, 0.15) is 17.5 Å². The van der Waals surface area contributed by atoms with E-state index in [0.717, 1.165) is 17.5 Å². The summed E-state index contributed by atoms with van der Waals surface area (Å²) < 4.78 is 0. The van der Waals surface area contributed by atoms with E-state index >= 15 is 0 Å². The Balaban J connectivity index is 1.93. The minimum Gasteiger partial charge on any atom is -0.373 e. The Labute approximate surface area is 107 Å². The molecule has 1 heterocycles. The van der Waals surface area contributed by atoms with E-state index in [0.29, 0.717) is 19.0 Å². The molecule has 1 amide bonds. The van der Waals surface area contributed by atoms with Crippen molar-refractivity contribution in [2.75, 3.05) is 30.8 Å². The summed E-state index contributed by atoms with van der Waals surface area (Å²) in [4.78, 5) is 19.7. The minimum absolute atomic E-state index is 0.0194. The van der Waals surface area contributed by atoms with Crippen molar-refractivity contribution in [1.29, 1.82) is 0 Å². The highest BCUT2D eigenvalue weighted by Gasteiger charge is 2.27. The molecule has 98 valence electrons. The number of nitrogens with one attached hydrogen (secondary N) is 3. The molecule has 1 aromatic rings. The number of amides is 1. The number of aromatic nitrogens is 2. The van der Waals surface area contributed by atoms with Gasteiger partial charge in [-0.25, -0.2) is 9.97 Å². The Morgan fingerprint density at radius 2 is 2.06 bits per heavy atom. The van der Waals surface area contributed by atoms with Crippen molar-refractivity contribution < 1.29 is 4.79 Å². The van der Waals surface area contributed by atoms with Gasteiger partial charge in [0.05, 0.1) is 0 Å². The molecule has 18 heavy (non-hydrogen) atoms. The predicted molar refractivity (Wildman–Crippen MR) is 70.7 cm³/mol. The van der Waals surface area contributed by atoms with E-state index in [1.807, 2.05) is 13.1 Å². The number of carbonyl (C=O) groups excluding carboxylic acids is 1. The average Bonchev–Trinajstić information content (AvgIpc) is 3.18. The molecule has 2 rings (SSSR count). The molecule has 0 bridgehead atoms. The molecule has 6 nitrogen and oxygen atoms in total. The molecule has 0 aliphatic heterocycles. The first-order valence-corrected chi connectivity index (χ1v) is 6.24. The number of carbonyl (C=O) groups is 1. The standard InChI is InChI=1S/C12H19N5O/c1-8(18)14-5-6-15-11-7-10(13-2)16-12(17-11)9-3-4-9/h7,9H,3-6H2,1-2H3,(H,14,18)(H2,13,15,16,17).